The molecule has 0 aliphatic carbocycles. The van der Waals surface area contributed by atoms with Gasteiger partial charge in [-0.15, -0.1) is 107 Å². The number of fused-ring (bicyclic) bond motifs is 9. The Bertz CT molecular complexity index is 7910. The van der Waals surface area contributed by atoms with Gasteiger partial charge in [0.05, 0.1) is 18.6 Å². The standard InChI is InChI=1S/2C39H33FN4O.C38H31FN4O.3Pt/c1-25(2)12-13-28-18-26(3)39(27(4)19-28)29-23-42-43(24-29)31-8-7-9-32(21-31)45-33-14-15-35-34-10-5-6-11-36(34)44(37(35)22-33)38-20-30(40)16-17-41-38;1-5-9-25(2)28-18-26(3)39(27(4)19-28)29-23-42-43(24-29)31-10-8-11-32(21-31)45-33-14-15-35-34-12-6-7-13-36(34)44(37(35)22-33)38-20-30(40)16-17-41-38;1-4-5-9-27-18-25(2)38(26(3)19-27)28-23-41-42(24-28)30-10-8-11-31(21-30)44-32-14-15-34-33-12-6-7-13-35(33)43(36(34)22-32)37-20-29(39)16-17-40-37;;;/h5-11,14-20,23-25H,12-13H2,1-4H3;6-8,10-20,23-25H,5,9H2,1-4H3;6-8,10-20,23-24H,4-5,9H2,1-3H3;;;/q3*-2;3*+2. The maximum Gasteiger partial charge on any atom is 2.00 e. The van der Waals surface area contributed by atoms with Gasteiger partial charge in [0.2, 0.25) is 0 Å². The SMILES string of the molecule is CCCC(C)c1cc(C)c(-c2cnn(-c3[c-]c(Oc4[c-]c5c(cc4)c4ccccc4n5-c4cc(F)ccn4)ccc3)c2)c(C)c1.CCCCc1cc(C)c(-c2cnn(-c3[c-]c(Oc4[c-]c5c(cc4)c4ccccc4n5-c4cc(F)ccn4)ccc3)c2)c(C)c1.Cc1cc(CCC(C)C)cc(C)c1-c1cnn(-c2[c-]c(Oc3[c-]c4c(cc3)c3ccccc3n4-c3cc(F)ccn3)ccc2)c1.[Pt+2].[Pt+2].[Pt+2]. The van der Waals surface area contributed by atoms with Crippen LogP contribution in [0.3, 0.4) is 0 Å². The molecule has 15 nitrogen and oxygen atoms in total. The summed E-state index contributed by atoms with van der Waals surface area (Å²) >= 11 is 0. The summed E-state index contributed by atoms with van der Waals surface area (Å²) in [6, 6.07) is 95.3. The Morgan fingerprint density at radius 3 is 0.971 bits per heavy atom. The second kappa shape index (κ2) is 42.3. The molecule has 12 aromatic carbocycles. The van der Waals surface area contributed by atoms with Crippen molar-refractivity contribution in [3.8, 4) is 102 Å². The van der Waals surface area contributed by atoms with Gasteiger partial charge in [0, 0.05) is 123 Å². The monoisotopic (exact) mass is 2350 g/mol. The smallest absolute Gasteiger partial charge is 0.509 e. The van der Waals surface area contributed by atoms with E-state index >= 15 is 0 Å². The summed E-state index contributed by atoms with van der Waals surface area (Å²) in [4.78, 5) is 13.3. The Labute approximate surface area is 838 Å². The second-order valence-corrected chi connectivity index (χ2v) is 34.8. The molecule has 0 aliphatic rings. The predicted octanol–water partition coefficient (Wildman–Crippen LogP) is 29.4. The van der Waals surface area contributed by atoms with Gasteiger partial charge < -0.3 is 27.9 Å². The molecule has 0 radical (unpaired) electrons. The van der Waals surface area contributed by atoms with Crippen LogP contribution in [0, 0.1) is 101 Å². The van der Waals surface area contributed by atoms with Crippen molar-refractivity contribution < 1.29 is 90.6 Å². The van der Waals surface area contributed by atoms with E-state index in [2.05, 4.69) is 179 Å². The Kier molecular flexibility index (Phi) is 29.8. The van der Waals surface area contributed by atoms with Crippen LogP contribution in [0.25, 0.3) is 133 Å². The number of hydrogen-bond donors (Lipinski definition) is 0. The first kappa shape index (κ1) is 96.5. The van der Waals surface area contributed by atoms with E-state index in [0.717, 1.165) is 112 Å². The summed E-state index contributed by atoms with van der Waals surface area (Å²) in [7, 11) is 0. The number of aromatic nitrogens is 12. The average Bonchev–Trinajstić information content (AvgIpc) is 1.60. The number of halogens is 3. The van der Waals surface area contributed by atoms with Crippen LogP contribution in [0.1, 0.15) is 123 Å². The summed E-state index contributed by atoms with van der Waals surface area (Å²) in [6.07, 6.45) is 24.4. The summed E-state index contributed by atoms with van der Waals surface area (Å²) in [5.41, 5.74) is 25.8. The van der Waals surface area contributed by atoms with Gasteiger partial charge in [0.15, 0.2) is 0 Å². The Morgan fingerprint density at radius 2 is 0.650 bits per heavy atom. The van der Waals surface area contributed by atoms with Crippen LogP contribution in [0.4, 0.5) is 13.2 Å². The van der Waals surface area contributed by atoms with E-state index in [1.54, 1.807) is 0 Å². The summed E-state index contributed by atoms with van der Waals surface area (Å²) in [5.74, 6) is 4.77. The first-order valence-electron chi connectivity index (χ1n) is 45.5. The van der Waals surface area contributed by atoms with E-state index in [0.29, 0.717) is 63.8 Å². The molecule has 21 aromatic rings. The second-order valence-electron chi connectivity index (χ2n) is 34.8. The van der Waals surface area contributed by atoms with Gasteiger partial charge in [0.25, 0.3) is 0 Å². The van der Waals surface area contributed by atoms with Crippen LogP contribution in [0.5, 0.6) is 34.5 Å². The number of para-hydroxylation sites is 3. The molecule has 9 aromatic heterocycles. The third kappa shape index (κ3) is 20.6. The topological polar surface area (TPSA) is 135 Å². The molecule has 21 rings (SSSR count). The van der Waals surface area contributed by atoms with Crippen LogP contribution in [-0.4, -0.2) is 58.0 Å². The fourth-order valence-electron chi connectivity index (χ4n) is 18.5. The number of rotatable bonds is 24. The molecule has 1 atom stereocenters. The Hall–Kier alpha value is -13.6. The van der Waals surface area contributed by atoms with Crippen molar-refractivity contribution in [3.63, 3.8) is 0 Å². The van der Waals surface area contributed by atoms with Crippen LogP contribution >= 0.6 is 0 Å². The number of unbranched alkanes of at least 4 members (excludes halogenated alkanes) is 1. The van der Waals surface area contributed by atoms with Gasteiger partial charge in [-0.25, -0.2) is 28.1 Å². The number of benzene rings is 12. The quantitative estimate of drug-likeness (QED) is 0.0542. The van der Waals surface area contributed by atoms with E-state index in [4.69, 9.17) is 14.2 Å². The number of aryl methyl sites for hydroxylation is 8. The minimum Gasteiger partial charge on any atom is -0.509 e. The molecule has 137 heavy (non-hydrogen) atoms. The van der Waals surface area contributed by atoms with Crippen molar-refractivity contribution in [3.05, 3.63) is 396 Å². The van der Waals surface area contributed by atoms with Gasteiger partial charge in [-0.05, 0) is 222 Å². The molecule has 0 N–H and O–H groups in total. The van der Waals surface area contributed by atoms with Gasteiger partial charge in [0.1, 0.15) is 34.9 Å². The molecule has 0 aliphatic heterocycles. The van der Waals surface area contributed by atoms with E-state index in [9.17, 15) is 13.2 Å². The Morgan fingerprint density at radius 1 is 0.328 bits per heavy atom. The largest absolute Gasteiger partial charge is 2.00 e. The number of nitrogens with zero attached hydrogens (tertiary/aromatic N) is 12. The van der Waals surface area contributed by atoms with Crippen LogP contribution in [0.15, 0.2) is 292 Å². The molecule has 0 saturated carbocycles. The fourth-order valence-corrected chi connectivity index (χ4v) is 18.5. The maximum atomic E-state index is 14.2. The third-order valence-electron chi connectivity index (χ3n) is 24.6. The van der Waals surface area contributed by atoms with Crippen LogP contribution in [0.2, 0.25) is 0 Å². The van der Waals surface area contributed by atoms with E-state index in [-0.39, 0.29) is 80.6 Å². The normalized spacial score (nSPS) is 11.5. The predicted molar refractivity (Wildman–Crippen MR) is 529 cm³/mol. The molecule has 0 saturated heterocycles. The van der Waals surface area contributed by atoms with E-state index in [1.807, 2.05) is 229 Å². The van der Waals surface area contributed by atoms with E-state index in [1.165, 1.54) is 154 Å². The van der Waals surface area contributed by atoms with Crippen molar-refractivity contribution in [1.82, 2.24) is 58.0 Å². The van der Waals surface area contributed by atoms with Crippen molar-refractivity contribution in [2.45, 2.75) is 127 Å². The van der Waals surface area contributed by atoms with Crippen molar-refractivity contribution in [2.75, 3.05) is 0 Å². The zero-order chi connectivity index (χ0) is 92.4. The molecule has 0 bridgehead atoms. The minimum absolute atomic E-state index is 0. The maximum absolute atomic E-state index is 14.2. The fraction of sp³-hybridized carbons (Fsp3) is 0.172. The Balaban J connectivity index is 0.000000147. The van der Waals surface area contributed by atoms with Crippen LogP contribution in [-0.2, 0) is 76.0 Å². The van der Waals surface area contributed by atoms with Gasteiger partial charge >= 0.3 is 63.2 Å². The van der Waals surface area contributed by atoms with Crippen LogP contribution < -0.4 is 14.2 Å². The zero-order valence-electron chi connectivity index (χ0n) is 77.5. The molecular weight excluding hydrogens is 2250 g/mol. The summed E-state index contributed by atoms with van der Waals surface area (Å²) in [5, 5.41) is 20.0. The first-order chi connectivity index (χ1) is 65.2. The van der Waals surface area contributed by atoms with Gasteiger partial charge in [-0.2, -0.15) is 51.7 Å². The molecular formula is C116H97F3N12O3Pt3. The molecule has 21 heteroatoms. The summed E-state index contributed by atoms with van der Waals surface area (Å²) < 4.78 is 72.7. The van der Waals surface area contributed by atoms with E-state index < -0.39 is 0 Å². The molecule has 0 amide bonds. The van der Waals surface area contributed by atoms with Crippen molar-refractivity contribution in [2.24, 2.45) is 5.92 Å². The molecule has 690 valence electrons. The number of ether oxygens (including phenoxy) is 3. The van der Waals surface area contributed by atoms with Gasteiger partial charge in [-0.3, -0.25) is 14.0 Å². The summed E-state index contributed by atoms with van der Waals surface area (Å²) in [6.45, 7) is 24.4. The average molecular weight is 2350 g/mol. The van der Waals surface area contributed by atoms with Gasteiger partial charge in [-0.1, -0.05) is 155 Å². The molecule has 0 spiro atoms. The molecule has 9 heterocycles. The minimum atomic E-state index is -0.351. The van der Waals surface area contributed by atoms with Crippen molar-refractivity contribution in [1.29, 1.82) is 0 Å². The van der Waals surface area contributed by atoms with Crippen molar-refractivity contribution >= 4 is 65.4 Å². The first-order valence-corrected chi connectivity index (χ1v) is 45.5. The number of pyridine rings is 3. The molecule has 1 unspecified atom stereocenters. The zero-order valence-corrected chi connectivity index (χ0v) is 84.3. The number of hydrogen-bond acceptors (Lipinski definition) is 9. The third-order valence-corrected chi connectivity index (χ3v) is 24.6. The molecule has 0 fully saturated rings.